The van der Waals surface area contributed by atoms with Crippen LogP contribution < -0.4 is 5.32 Å². The molecule has 0 bridgehead atoms. The molecule has 2 atom stereocenters. The molecule has 0 aromatic heterocycles. The zero-order valence-corrected chi connectivity index (χ0v) is 27.6. The summed E-state index contributed by atoms with van der Waals surface area (Å²) in [6, 6.07) is 20.0. The van der Waals surface area contributed by atoms with E-state index >= 15 is 0 Å². The number of carbonyl (C=O) groups is 1. The zero-order valence-electron chi connectivity index (χ0n) is 24.5. The average molecular weight is 663 g/mol. The van der Waals surface area contributed by atoms with Gasteiger partial charge < -0.3 is 10.2 Å². The lowest BCUT2D eigenvalue weighted by molar-refractivity contribution is -0.122. The first kappa shape index (κ1) is 32.3. The number of hydrogen-bond acceptors (Lipinski definition) is 4. The van der Waals surface area contributed by atoms with Crippen molar-refractivity contribution in [2.75, 3.05) is 27.2 Å². The molecule has 5 rings (SSSR count). The predicted molar refractivity (Wildman–Crippen MR) is 174 cm³/mol. The molecule has 0 radical (unpaired) electrons. The van der Waals surface area contributed by atoms with Gasteiger partial charge in [-0.15, -0.1) is 0 Å². The van der Waals surface area contributed by atoms with Gasteiger partial charge in [0, 0.05) is 30.6 Å². The first-order chi connectivity index (χ1) is 20.5. The van der Waals surface area contributed by atoms with Crippen LogP contribution in [0.15, 0.2) is 71.6 Å². The van der Waals surface area contributed by atoms with E-state index in [1.807, 2.05) is 36.4 Å². The standard InChI is InChI=1S/C33H38Cl3N3O3S/c1-38(2)33(25-11-13-26(34)14-12-25)24-9-7-22(8-10-24)21-37-32(40)20-31-28-6-4-3-5-23(28)17-18-39(31)43(41,42)27-15-16-29(35)30(36)19-27/h3-6,11-16,19,22,24,31,33H,7-10,17-18,20-21H2,1-2H3,(H,37,40). The molecule has 0 saturated heterocycles. The topological polar surface area (TPSA) is 69.7 Å². The largest absolute Gasteiger partial charge is 0.356 e. The van der Waals surface area contributed by atoms with Crippen molar-refractivity contribution in [1.82, 2.24) is 14.5 Å². The number of nitrogens with one attached hydrogen (secondary N) is 1. The van der Waals surface area contributed by atoms with E-state index in [1.165, 1.54) is 28.1 Å². The van der Waals surface area contributed by atoms with Crippen molar-refractivity contribution in [3.8, 4) is 0 Å². The second-order valence-electron chi connectivity index (χ2n) is 11.9. The van der Waals surface area contributed by atoms with Gasteiger partial charge in [-0.05, 0) is 105 Å². The molecular formula is C33H38Cl3N3O3S. The van der Waals surface area contributed by atoms with Crippen LogP contribution in [0.3, 0.4) is 0 Å². The molecule has 1 saturated carbocycles. The Bertz CT molecular complexity index is 1540. The fraction of sp³-hybridized carbons (Fsp3) is 0.424. The third-order valence-corrected chi connectivity index (χ3v) is 11.8. The van der Waals surface area contributed by atoms with Crippen LogP contribution in [-0.4, -0.2) is 50.7 Å². The molecule has 3 aromatic carbocycles. The number of rotatable bonds is 9. The van der Waals surface area contributed by atoms with Crippen LogP contribution in [0.2, 0.25) is 15.1 Å². The van der Waals surface area contributed by atoms with E-state index in [9.17, 15) is 13.2 Å². The second-order valence-corrected chi connectivity index (χ2v) is 15.0. The summed E-state index contributed by atoms with van der Waals surface area (Å²) in [6.45, 7) is 0.870. The first-order valence-electron chi connectivity index (χ1n) is 14.8. The van der Waals surface area contributed by atoms with Crippen LogP contribution in [0.1, 0.15) is 60.9 Å². The third kappa shape index (κ3) is 7.41. The van der Waals surface area contributed by atoms with Crippen LogP contribution in [-0.2, 0) is 21.2 Å². The van der Waals surface area contributed by atoms with Crippen molar-refractivity contribution >= 4 is 50.7 Å². The summed E-state index contributed by atoms with van der Waals surface area (Å²) < 4.78 is 29.0. The Hall–Kier alpha value is -2.13. The molecule has 1 amide bonds. The number of nitrogens with zero attached hydrogens (tertiary/aromatic N) is 2. The van der Waals surface area contributed by atoms with Gasteiger partial charge in [-0.2, -0.15) is 4.31 Å². The van der Waals surface area contributed by atoms with Crippen LogP contribution in [0.5, 0.6) is 0 Å². The van der Waals surface area contributed by atoms with Gasteiger partial charge in [-0.3, -0.25) is 4.79 Å². The van der Waals surface area contributed by atoms with Crippen LogP contribution >= 0.6 is 34.8 Å². The number of carbonyl (C=O) groups excluding carboxylic acids is 1. The van der Waals surface area contributed by atoms with Crippen LogP contribution in [0.25, 0.3) is 0 Å². The van der Waals surface area contributed by atoms with Gasteiger partial charge in [0.15, 0.2) is 0 Å². The van der Waals surface area contributed by atoms with Crippen molar-refractivity contribution in [1.29, 1.82) is 0 Å². The van der Waals surface area contributed by atoms with Crippen molar-refractivity contribution in [2.24, 2.45) is 11.8 Å². The van der Waals surface area contributed by atoms with E-state index in [1.54, 1.807) is 0 Å². The lowest BCUT2D eigenvalue weighted by Crippen LogP contribution is -2.42. The highest BCUT2D eigenvalue weighted by atomic mass is 35.5. The van der Waals surface area contributed by atoms with Gasteiger partial charge in [0.25, 0.3) is 0 Å². The highest BCUT2D eigenvalue weighted by Gasteiger charge is 2.38. The van der Waals surface area contributed by atoms with Crippen LogP contribution in [0.4, 0.5) is 0 Å². The summed E-state index contributed by atoms with van der Waals surface area (Å²) in [5.74, 6) is 0.774. The van der Waals surface area contributed by atoms with Crippen LogP contribution in [0, 0.1) is 11.8 Å². The maximum atomic E-state index is 13.8. The highest BCUT2D eigenvalue weighted by molar-refractivity contribution is 7.89. The number of sulfonamides is 1. The molecular weight excluding hydrogens is 625 g/mol. The fourth-order valence-electron chi connectivity index (χ4n) is 6.77. The fourth-order valence-corrected chi connectivity index (χ4v) is 8.89. The minimum atomic E-state index is -3.92. The van der Waals surface area contributed by atoms with Crippen molar-refractivity contribution < 1.29 is 13.2 Å². The smallest absolute Gasteiger partial charge is 0.243 e. The maximum Gasteiger partial charge on any atom is 0.243 e. The van der Waals surface area contributed by atoms with E-state index in [2.05, 4.69) is 36.4 Å². The summed E-state index contributed by atoms with van der Waals surface area (Å²) in [6.07, 6.45) is 4.85. The molecule has 2 unspecified atom stereocenters. The molecule has 10 heteroatoms. The summed E-state index contributed by atoms with van der Waals surface area (Å²) in [5.41, 5.74) is 3.21. The predicted octanol–water partition coefficient (Wildman–Crippen LogP) is 7.55. The van der Waals surface area contributed by atoms with Gasteiger partial charge in [0.1, 0.15) is 0 Å². The van der Waals surface area contributed by atoms with E-state index in [4.69, 9.17) is 34.8 Å². The lowest BCUT2D eigenvalue weighted by atomic mass is 9.76. The minimum Gasteiger partial charge on any atom is -0.356 e. The number of hydrogen-bond donors (Lipinski definition) is 1. The van der Waals surface area contributed by atoms with Crippen molar-refractivity contribution in [3.63, 3.8) is 0 Å². The number of benzene rings is 3. The Balaban J connectivity index is 1.23. The molecule has 1 fully saturated rings. The Morgan fingerprint density at radius 1 is 0.953 bits per heavy atom. The molecule has 230 valence electrons. The summed E-state index contributed by atoms with van der Waals surface area (Å²) in [4.78, 5) is 15.7. The molecule has 3 aromatic rings. The quantitative estimate of drug-likeness (QED) is 0.257. The Morgan fingerprint density at radius 3 is 2.33 bits per heavy atom. The number of halogens is 3. The Morgan fingerprint density at radius 2 is 1.65 bits per heavy atom. The van der Waals surface area contributed by atoms with Gasteiger partial charge in [-0.25, -0.2) is 8.42 Å². The van der Waals surface area contributed by atoms with Gasteiger partial charge in [-0.1, -0.05) is 71.2 Å². The van der Waals surface area contributed by atoms with E-state index in [0.717, 1.165) is 41.8 Å². The summed E-state index contributed by atoms with van der Waals surface area (Å²) >= 11 is 18.3. The molecule has 2 aliphatic rings. The third-order valence-electron chi connectivity index (χ3n) is 8.93. The monoisotopic (exact) mass is 661 g/mol. The molecule has 0 spiro atoms. The van der Waals surface area contributed by atoms with Crippen molar-refractivity contribution in [2.45, 2.75) is 55.5 Å². The normalized spacial score (nSPS) is 21.8. The molecule has 1 aliphatic carbocycles. The Kier molecular flexibility index (Phi) is 10.4. The zero-order chi connectivity index (χ0) is 30.7. The van der Waals surface area contributed by atoms with E-state index in [0.29, 0.717) is 30.8 Å². The van der Waals surface area contributed by atoms with Crippen molar-refractivity contribution in [3.05, 3.63) is 98.5 Å². The molecule has 6 nitrogen and oxygen atoms in total. The highest BCUT2D eigenvalue weighted by Crippen LogP contribution is 2.40. The first-order valence-corrected chi connectivity index (χ1v) is 17.3. The van der Waals surface area contributed by atoms with Gasteiger partial charge in [0.2, 0.25) is 15.9 Å². The van der Waals surface area contributed by atoms with E-state index in [-0.39, 0.29) is 33.8 Å². The van der Waals surface area contributed by atoms with Gasteiger partial charge in [0.05, 0.1) is 21.0 Å². The number of fused-ring (bicyclic) bond motifs is 1. The van der Waals surface area contributed by atoms with Gasteiger partial charge >= 0.3 is 0 Å². The summed E-state index contributed by atoms with van der Waals surface area (Å²) in [7, 11) is 0.328. The molecule has 1 heterocycles. The SMILES string of the molecule is CN(C)C(c1ccc(Cl)cc1)C1CCC(CNC(=O)CC2c3ccccc3CCN2S(=O)(=O)c2ccc(Cl)c(Cl)c2)CC1. The second kappa shape index (κ2) is 13.9. The molecule has 1 N–H and O–H groups in total. The lowest BCUT2D eigenvalue weighted by Gasteiger charge is -2.38. The molecule has 1 aliphatic heterocycles. The summed E-state index contributed by atoms with van der Waals surface area (Å²) in [5, 5.41) is 4.35. The molecule has 43 heavy (non-hydrogen) atoms. The average Bonchev–Trinajstić information content (AvgIpc) is 2.99. The minimum absolute atomic E-state index is 0.0478. The maximum absolute atomic E-state index is 13.8. The number of amides is 1. The van der Waals surface area contributed by atoms with E-state index < -0.39 is 16.1 Å². The Labute approximate surface area is 270 Å².